The van der Waals surface area contributed by atoms with E-state index in [1.807, 2.05) is 43.3 Å². The van der Waals surface area contributed by atoms with E-state index in [0.29, 0.717) is 39.2 Å². The first-order valence-corrected chi connectivity index (χ1v) is 12.8. The maximum Gasteiger partial charge on any atom is 0.166 e. The zero-order valence-electron chi connectivity index (χ0n) is 20.3. The van der Waals surface area contributed by atoms with E-state index in [2.05, 4.69) is 17.1 Å². The molecule has 0 radical (unpaired) electrons. The Labute approximate surface area is 221 Å². The van der Waals surface area contributed by atoms with Gasteiger partial charge in [-0.25, -0.2) is 0 Å². The van der Waals surface area contributed by atoms with Crippen LogP contribution in [0.2, 0.25) is 10.0 Å². The fourth-order valence-corrected chi connectivity index (χ4v) is 5.53. The predicted molar refractivity (Wildman–Crippen MR) is 147 cm³/mol. The molecule has 0 amide bonds. The lowest BCUT2D eigenvalue weighted by molar-refractivity contribution is 0.0978. The van der Waals surface area contributed by atoms with Crippen LogP contribution in [0.15, 0.2) is 60.9 Å². The monoisotopic (exact) mass is 519 g/mol. The number of ketones is 1. The summed E-state index contributed by atoms with van der Waals surface area (Å²) in [5.41, 5.74) is 4.82. The number of benzene rings is 2. The van der Waals surface area contributed by atoms with Gasteiger partial charge in [0, 0.05) is 48.9 Å². The lowest BCUT2D eigenvalue weighted by Crippen LogP contribution is -2.16. The van der Waals surface area contributed by atoms with Crippen molar-refractivity contribution in [2.45, 2.75) is 31.6 Å². The van der Waals surface area contributed by atoms with E-state index in [1.54, 1.807) is 24.5 Å². The maximum absolute atomic E-state index is 13.4. The smallest absolute Gasteiger partial charge is 0.166 e. The first-order valence-electron chi connectivity index (χ1n) is 12.1. The van der Waals surface area contributed by atoms with Gasteiger partial charge in [-0.05, 0) is 61.1 Å². The Bertz CT molecular complexity index is 1440. The highest BCUT2D eigenvalue weighted by atomic mass is 35.5. The van der Waals surface area contributed by atoms with Gasteiger partial charge >= 0.3 is 0 Å². The maximum atomic E-state index is 13.4. The molecule has 0 bridgehead atoms. The number of pyridine rings is 2. The van der Waals surface area contributed by atoms with Crippen LogP contribution in [0.5, 0.6) is 5.75 Å². The van der Waals surface area contributed by atoms with Crippen molar-refractivity contribution in [2.75, 3.05) is 25.6 Å². The largest absolute Gasteiger partial charge is 0.493 e. The molecule has 1 atom stereocenters. The average molecular weight is 520 g/mol. The predicted octanol–water partition coefficient (Wildman–Crippen LogP) is 7.59. The number of nitrogens with zero attached hydrogens (tertiary/aromatic N) is 3. The zero-order valence-corrected chi connectivity index (χ0v) is 21.8. The minimum atomic E-state index is 0.0938. The normalized spacial score (nSPS) is 14.8. The summed E-state index contributed by atoms with van der Waals surface area (Å²) in [6.45, 7) is 0.725. The van der Waals surface area contributed by atoms with Crippen molar-refractivity contribution in [1.29, 1.82) is 0 Å². The highest BCUT2D eigenvalue weighted by molar-refractivity contribution is 6.36. The molecule has 4 aromatic rings. The second-order valence-electron chi connectivity index (χ2n) is 9.28. The summed E-state index contributed by atoms with van der Waals surface area (Å²) in [6, 6.07) is 15.4. The standard InChI is InChI=1S/C29H27Cl2N3O2/c1-34(2)29-22-12-14-32-27(21-11-10-19(30)16-24(21)31)28(22)33-17-23(29)25(35)8-5-6-18-13-15-36-26-9-4-3-7-20(18)26/h3-4,7,9-12,14,16-18H,5-6,8,13,15H2,1-2H3/t18-/m0/s1. The third-order valence-electron chi connectivity index (χ3n) is 6.73. The van der Waals surface area contributed by atoms with E-state index in [1.165, 1.54) is 5.56 Å². The van der Waals surface area contributed by atoms with Gasteiger partial charge in [0.1, 0.15) is 5.75 Å². The van der Waals surface area contributed by atoms with Gasteiger partial charge in [-0.3, -0.25) is 14.8 Å². The summed E-state index contributed by atoms with van der Waals surface area (Å²) in [4.78, 5) is 24.6. The number of carbonyl (C=O) groups excluding carboxylic acids is 1. The van der Waals surface area contributed by atoms with Crippen molar-refractivity contribution in [3.05, 3.63) is 82.1 Å². The number of fused-ring (bicyclic) bond motifs is 2. The van der Waals surface area contributed by atoms with E-state index in [-0.39, 0.29) is 5.78 Å². The second-order valence-corrected chi connectivity index (χ2v) is 10.1. The topological polar surface area (TPSA) is 55.3 Å². The Morgan fingerprint density at radius 2 is 1.94 bits per heavy atom. The van der Waals surface area contributed by atoms with Crippen LogP contribution < -0.4 is 9.64 Å². The number of para-hydroxylation sites is 1. The van der Waals surface area contributed by atoms with Crippen molar-refractivity contribution in [3.63, 3.8) is 0 Å². The summed E-state index contributed by atoms with van der Waals surface area (Å²) in [6.07, 6.45) is 6.62. The fourth-order valence-electron chi connectivity index (χ4n) is 5.03. The summed E-state index contributed by atoms with van der Waals surface area (Å²) in [5, 5.41) is 1.92. The van der Waals surface area contributed by atoms with Crippen LogP contribution in [0.4, 0.5) is 5.69 Å². The number of halogens is 2. The number of hydrogen-bond acceptors (Lipinski definition) is 5. The number of carbonyl (C=O) groups is 1. The van der Waals surface area contributed by atoms with Gasteiger partial charge in [-0.1, -0.05) is 41.4 Å². The van der Waals surface area contributed by atoms with Crippen molar-refractivity contribution in [1.82, 2.24) is 9.97 Å². The lowest BCUT2D eigenvalue weighted by atomic mass is 9.88. The van der Waals surface area contributed by atoms with Gasteiger partial charge < -0.3 is 9.64 Å². The molecule has 1 aliphatic rings. The molecule has 2 aromatic heterocycles. The van der Waals surface area contributed by atoms with Gasteiger partial charge in [-0.15, -0.1) is 0 Å². The molecule has 0 unspecified atom stereocenters. The van der Waals surface area contributed by atoms with Crippen LogP contribution in [-0.2, 0) is 0 Å². The summed E-state index contributed by atoms with van der Waals surface area (Å²) in [7, 11) is 3.89. The second kappa shape index (κ2) is 10.5. The molecule has 5 nitrogen and oxygen atoms in total. The first kappa shape index (κ1) is 24.5. The van der Waals surface area contributed by atoms with Crippen LogP contribution in [0.25, 0.3) is 22.2 Å². The lowest BCUT2D eigenvalue weighted by Gasteiger charge is -2.25. The van der Waals surface area contributed by atoms with Gasteiger partial charge in [0.25, 0.3) is 0 Å². The van der Waals surface area contributed by atoms with Crippen LogP contribution in [0.3, 0.4) is 0 Å². The van der Waals surface area contributed by atoms with Gasteiger partial charge in [0.05, 0.1) is 34.1 Å². The van der Waals surface area contributed by atoms with Crippen molar-refractivity contribution >= 4 is 45.6 Å². The van der Waals surface area contributed by atoms with Crippen LogP contribution in [0.1, 0.15) is 47.5 Å². The molecule has 36 heavy (non-hydrogen) atoms. The number of rotatable bonds is 7. The zero-order chi connectivity index (χ0) is 25.2. The molecule has 0 aliphatic carbocycles. The van der Waals surface area contributed by atoms with Gasteiger partial charge in [0.15, 0.2) is 5.78 Å². The summed E-state index contributed by atoms with van der Waals surface area (Å²) < 4.78 is 5.79. The van der Waals surface area contributed by atoms with Crippen LogP contribution in [0, 0.1) is 0 Å². The molecule has 3 heterocycles. The molecule has 0 N–H and O–H groups in total. The molecule has 0 saturated carbocycles. The van der Waals surface area contributed by atoms with E-state index in [9.17, 15) is 4.79 Å². The minimum absolute atomic E-state index is 0.0938. The molecule has 0 saturated heterocycles. The van der Waals surface area contributed by atoms with E-state index in [4.69, 9.17) is 32.9 Å². The Hall–Kier alpha value is -3.15. The Balaban J connectivity index is 1.42. The van der Waals surface area contributed by atoms with Crippen molar-refractivity contribution in [2.24, 2.45) is 0 Å². The molecule has 5 rings (SSSR count). The molecule has 0 fully saturated rings. The number of Topliss-reactive ketones (excluding diaryl/α,β-unsaturated/α-hetero) is 1. The van der Waals surface area contributed by atoms with Crippen LogP contribution >= 0.6 is 23.2 Å². The quantitative estimate of drug-likeness (QED) is 0.235. The number of aromatic nitrogens is 2. The highest BCUT2D eigenvalue weighted by Crippen LogP contribution is 2.38. The molecule has 7 heteroatoms. The van der Waals surface area contributed by atoms with Crippen molar-refractivity contribution < 1.29 is 9.53 Å². The number of ether oxygens (including phenoxy) is 1. The first-order chi connectivity index (χ1) is 17.4. The fraction of sp³-hybridized carbons (Fsp3) is 0.276. The molecule has 2 aromatic carbocycles. The Morgan fingerprint density at radius 3 is 2.75 bits per heavy atom. The highest BCUT2D eigenvalue weighted by Gasteiger charge is 2.23. The van der Waals surface area contributed by atoms with Gasteiger partial charge in [-0.2, -0.15) is 0 Å². The van der Waals surface area contributed by atoms with Gasteiger partial charge in [0.2, 0.25) is 0 Å². The van der Waals surface area contributed by atoms with E-state index in [0.717, 1.165) is 48.3 Å². The summed E-state index contributed by atoms with van der Waals surface area (Å²) >= 11 is 12.6. The molecule has 0 spiro atoms. The third kappa shape index (κ3) is 4.78. The Kier molecular flexibility index (Phi) is 7.13. The van der Waals surface area contributed by atoms with Crippen LogP contribution in [-0.4, -0.2) is 36.5 Å². The molecular formula is C29H27Cl2N3O2. The minimum Gasteiger partial charge on any atom is -0.493 e. The summed E-state index contributed by atoms with van der Waals surface area (Å²) in [5.74, 6) is 1.48. The van der Waals surface area contributed by atoms with E-state index < -0.39 is 0 Å². The Morgan fingerprint density at radius 1 is 1.11 bits per heavy atom. The molecule has 184 valence electrons. The SMILES string of the molecule is CN(C)c1c(C(=O)CCC[C@H]2CCOc3ccccc32)cnc2c(-c3ccc(Cl)cc3Cl)nccc12. The molecule has 1 aliphatic heterocycles. The number of anilines is 1. The van der Waals surface area contributed by atoms with Crippen molar-refractivity contribution in [3.8, 4) is 17.0 Å². The third-order valence-corrected chi connectivity index (χ3v) is 7.28. The number of hydrogen-bond donors (Lipinski definition) is 0. The average Bonchev–Trinajstić information content (AvgIpc) is 2.87. The van der Waals surface area contributed by atoms with E-state index >= 15 is 0 Å². The molecular weight excluding hydrogens is 493 g/mol.